The molecule has 9 heteroatoms. The van der Waals surface area contributed by atoms with Gasteiger partial charge in [-0.05, 0) is 79.8 Å². The monoisotopic (exact) mass is 602 g/mol. The van der Waals surface area contributed by atoms with Crippen molar-refractivity contribution < 1.29 is 0 Å². The molecule has 39 heavy (non-hydrogen) atoms. The van der Waals surface area contributed by atoms with Gasteiger partial charge in [-0.25, -0.2) is 0 Å². The van der Waals surface area contributed by atoms with Gasteiger partial charge in [-0.2, -0.15) is 17.5 Å². The molecule has 0 atom stereocenters. The van der Waals surface area contributed by atoms with Crippen molar-refractivity contribution in [3.63, 3.8) is 0 Å². The second kappa shape index (κ2) is 10.1. The van der Waals surface area contributed by atoms with E-state index in [0.29, 0.717) is 0 Å². The van der Waals surface area contributed by atoms with Crippen LogP contribution in [-0.2, 0) is 12.8 Å². The van der Waals surface area contributed by atoms with Gasteiger partial charge in [0.2, 0.25) is 0 Å². The average molecular weight is 603 g/mol. The van der Waals surface area contributed by atoms with Crippen LogP contribution in [0.4, 0.5) is 0 Å². The van der Waals surface area contributed by atoms with Crippen LogP contribution in [0.3, 0.4) is 0 Å². The maximum absolute atomic E-state index is 4.78. The van der Waals surface area contributed by atoms with Crippen LogP contribution >= 0.6 is 57.5 Å². The molecule has 2 aromatic carbocycles. The van der Waals surface area contributed by atoms with E-state index in [1.54, 1.807) is 0 Å². The predicted molar refractivity (Wildman–Crippen MR) is 173 cm³/mol. The van der Waals surface area contributed by atoms with Crippen LogP contribution in [0.5, 0.6) is 0 Å². The summed E-state index contributed by atoms with van der Waals surface area (Å²) in [6.45, 7) is 8.85. The number of fused-ring (bicyclic) bond motifs is 5. The molecule has 0 aliphatic heterocycles. The molecule has 0 spiro atoms. The Morgan fingerprint density at radius 2 is 1.18 bits per heavy atom. The van der Waals surface area contributed by atoms with Crippen molar-refractivity contribution in [2.24, 2.45) is 0 Å². The van der Waals surface area contributed by atoms with Crippen LogP contribution in [0.1, 0.15) is 48.3 Å². The van der Waals surface area contributed by atoms with Crippen molar-refractivity contribution >= 4 is 90.3 Å². The van der Waals surface area contributed by atoms with E-state index in [4.69, 9.17) is 8.75 Å². The summed E-state index contributed by atoms with van der Waals surface area (Å²) in [5.74, 6) is 0. The topological polar surface area (TPSA) is 51.6 Å². The highest BCUT2D eigenvalue weighted by molar-refractivity contribution is 7.27. The smallest absolute Gasteiger partial charge is 0.114 e. The fourth-order valence-corrected chi connectivity index (χ4v) is 10.2. The van der Waals surface area contributed by atoms with Gasteiger partial charge < -0.3 is 0 Å². The Morgan fingerprint density at radius 1 is 0.590 bits per heavy atom. The molecular formula is C30H26N4S5. The van der Waals surface area contributed by atoms with Crippen molar-refractivity contribution in [2.45, 2.75) is 53.4 Å². The van der Waals surface area contributed by atoms with Gasteiger partial charge in [-0.1, -0.05) is 26.7 Å². The summed E-state index contributed by atoms with van der Waals surface area (Å²) in [6, 6.07) is 13.9. The third-order valence-corrected chi connectivity index (χ3v) is 12.0. The molecule has 0 bridgehead atoms. The fourth-order valence-electron chi connectivity index (χ4n) is 5.44. The molecule has 7 aromatic rings. The van der Waals surface area contributed by atoms with Gasteiger partial charge in [0.25, 0.3) is 0 Å². The molecule has 0 radical (unpaired) electrons. The Bertz CT molecular complexity index is 1980. The van der Waals surface area contributed by atoms with Gasteiger partial charge in [0.05, 0.1) is 23.5 Å². The molecule has 5 aromatic heterocycles. The summed E-state index contributed by atoms with van der Waals surface area (Å²) in [7, 11) is 0. The fraction of sp³-hybridized carbons (Fsp3) is 0.267. The zero-order valence-electron chi connectivity index (χ0n) is 22.1. The highest BCUT2D eigenvalue weighted by atomic mass is 32.1. The first kappa shape index (κ1) is 25.4. The molecule has 0 unspecified atom stereocenters. The van der Waals surface area contributed by atoms with E-state index in [1.807, 2.05) is 34.0 Å². The van der Waals surface area contributed by atoms with E-state index in [2.05, 4.69) is 72.8 Å². The minimum absolute atomic E-state index is 0.965. The van der Waals surface area contributed by atoms with Crippen LogP contribution in [0, 0.1) is 13.8 Å². The van der Waals surface area contributed by atoms with Gasteiger partial charge in [0, 0.05) is 45.6 Å². The van der Waals surface area contributed by atoms with Gasteiger partial charge in [-0.15, -0.1) is 34.0 Å². The molecule has 0 N–H and O–H groups in total. The first-order chi connectivity index (χ1) is 19.1. The first-order valence-corrected chi connectivity index (χ1v) is 17.1. The van der Waals surface area contributed by atoms with Gasteiger partial charge in [0.1, 0.15) is 22.1 Å². The molecule has 0 aliphatic carbocycles. The van der Waals surface area contributed by atoms with E-state index in [0.717, 1.165) is 63.2 Å². The van der Waals surface area contributed by atoms with Crippen LogP contribution in [0.2, 0.25) is 0 Å². The van der Waals surface area contributed by atoms with E-state index >= 15 is 0 Å². The number of hydrogen-bond donors (Lipinski definition) is 0. The van der Waals surface area contributed by atoms with E-state index in [1.165, 1.54) is 70.3 Å². The summed E-state index contributed by atoms with van der Waals surface area (Å²) in [5, 5.41) is 2.23. The predicted octanol–water partition coefficient (Wildman–Crippen LogP) is 10.6. The van der Waals surface area contributed by atoms with E-state index < -0.39 is 0 Å². The standard InChI is InChI=1S/C30H26N4S5/c1-5-7-17-12-16(4)35-29(17)22-9-10-23(36-22)30-18(8-6-2)13-24(37-30)21-14-20-19(27-28(21)34-39-33-27)11-15(3)25-26(20)32-38-31-25/h9-14H,5-8H2,1-4H3. The van der Waals surface area contributed by atoms with Crippen molar-refractivity contribution in [2.75, 3.05) is 0 Å². The summed E-state index contributed by atoms with van der Waals surface area (Å²) in [6.07, 6.45) is 4.48. The van der Waals surface area contributed by atoms with E-state index in [-0.39, 0.29) is 0 Å². The summed E-state index contributed by atoms with van der Waals surface area (Å²) >= 11 is 8.32. The molecule has 196 valence electrons. The van der Waals surface area contributed by atoms with Gasteiger partial charge in [0.15, 0.2) is 0 Å². The highest BCUT2D eigenvalue weighted by Crippen LogP contribution is 2.47. The molecule has 4 nitrogen and oxygen atoms in total. The summed E-state index contributed by atoms with van der Waals surface area (Å²) in [5.41, 5.74) is 9.08. The lowest BCUT2D eigenvalue weighted by Gasteiger charge is -2.06. The first-order valence-electron chi connectivity index (χ1n) is 13.2. The Kier molecular flexibility index (Phi) is 6.60. The average Bonchev–Trinajstić information content (AvgIpc) is 3.74. The molecule has 0 saturated heterocycles. The minimum Gasteiger partial charge on any atom is -0.173 e. The maximum atomic E-state index is 4.78. The second-order valence-corrected chi connectivity index (χ2v) is 14.4. The Labute approximate surface area is 247 Å². The molecular weight excluding hydrogens is 577 g/mol. The molecule has 0 fully saturated rings. The lowest BCUT2D eigenvalue weighted by Crippen LogP contribution is -1.86. The summed E-state index contributed by atoms with van der Waals surface area (Å²) < 4.78 is 18.8. The van der Waals surface area contributed by atoms with Gasteiger partial charge >= 0.3 is 0 Å². The maximum Gasteiger partial charge on any atom is 0.114 e. The van der Waals surface area contributed by atoms with Crippen LogP contribution in [0.15, 0.2) is 36.4 Å². The second-order valence-electron chi connectivity index (χ2n) is 9.98. The van der Waals surface area contributed by atoms with E-state index in [9.17, 15) is 0 Å². The quantitative estimate of drug-likeness (QED) is 0.182. The number of aryl methyl sites for hydroxylation is 4. The Morgan fingerprint density at radius 3 is 1.90 bits per heavy atom. The number of aromatic nitrogens is 4. The SMILES string of the molecule is CCCc1cc(C)sc1-c1ccc(-c2sc(-c3cc4c(cc(C)c5nsnc54)c4nsnc34)cc2CCC)s1. The molecule has 5 heterocycles. The van der Waals surface area contributed by atoms with Crippen LogP contribution in [0.25, 0.3) is 62.8 Å². The van der Waals surface area contributed by atoms with Crippen molar-refractivity contribution in [1.82, 2.24) is 17.5 Å². The number of thiophene rings is 3. The third-order valence-electron chi connectivity index (χ3n) is 7.15. The molecule has 7 rings (SSSR count). The number of hydrogen-bond acceptors (Lipinski definition) is 9. The highest BCUT2D eigenvalue weighted by Gasteiger charge is 2.21. The zero-order chi connectivity index (χ0) is 26.7. The molecule has 0 saturated carbocycles. The number of benzene rings is 2. The van der Waals surface area contributed by atoms with Gasteiger partial charge in [-0.3, -0.25) is 0 Å². The molecule has 0 amide bonds. The van der Waals surface area contributed by atoms with Crippen molar-refractivity contribution in [3.8, 4) is 29.9 Å². The molecule has 0 aliphatic rings. The normalized spacial score (nSPS) is 12.0. The van der Waals surface area contributed by atoms with Crippen molar-refractivity contribution in [1.29, 1.82) is 0 Å². The Balaban J connectivity index is 1.39. The minimum atomic E-state index is 0.965. The zero-order valence-corrected chi connectivity index (χ0v) is 26.2. The van der Waals surface area contributed by atoms with Crippen LogP contribution < -0.4 is 0 Å². The summed E-state index contributed by atoms with van der Waals surface area (Å²) in [4.78, 5) is 8.21. The number of nitrogens with zero attached hydrogens (tertiary/aromatic N) is 4. The number of rotatable bonds is 7. The third kappa shape index (κ3) is 4.26. The van der Waals surface area contributed by atoms with Crippen molar-refractivity contribution in [3.05, 3.63) is 58.0 Å². The Hall–Kier alpha value is -2.56. The van der Waals surface area contributed by atoms with Crippen LogP contribution in [-0.4, -0.2) is 17.5 Å². The largest absolute Gasteiger partial charge is 0.173 e. The lowest BCUT2D eigenvalue weighted by atomic mass is 9.99. The lowest BCUT2D eigenvalue weighted by molar-refractivity contribution is 0.927.